The van der Waals surface area contributed by atoms with E-state index in [4.69, 9.17) is 5.73 Å². The van der Waals surface area contributed by atoms with Crippen LogP contribution in [-0.2, 0) is 13.1 Å². The van der Waals surface area contributed by atoms with Crippen LogP contribution < -0.4 is 11.3 Å². The summed E-state index contributed by atoms with van der Waals surface area (Å²) in [6, 6.07) is 7.67. The minimum Gasteiger partial charge on any atom is -0.326 e. The molecule has 1 aromatic carbocycles. The highest BCUT2D eigenvalue weighted by Gasteiger charge is 2.06. The molecule has 0 aliphatic carbocycles. The van der Waals surface area contributed by atoms with Crippen molar-refractivity contribution in [3.05, 3.63) is 62.8 Å². The van der Waals surface area contributed by atoms with Gasteiger partial charge in [-0.15, -0.1) is 0 Å². The van der Waals surface area contributed by atoms with E-state index in [1.807, 2.05) is 32.9 Å². The quantitative estimate of drug-likeness (QED) is 0.910. The van der Waals surface area contributed by atoms with Crippen LogP contribution in [-0.4, -0.2) is 9.55 Å². The summed E-state index contributed by atoms with van der Waals surface area (Å²) in [5.41, 5.74) is 9.74. The second kappa shape index (κ2) is 5.36. The summed E-state index contributed by atoms with van der Waals surface area (Å²) >= 11 is 0. The van der Waals surface area contributed by atoms with Crippen LogP contribution in [0, 0.1) is 20.8 Å². The maximum absolute atomic E-state index is 12.0. The monoisotopic (exact) mass is 257 g/mol. The van der Waals surface area contributed by atoms with Crippen LogP contribution in [0.4, 0.5) is 0 Å². The van der Waals surface area contributed by atoms with Crippen LogP contribution >= 0.6 is 0 Å². The molecule has 0 saturated carbocycles. The van der Waals surface area contributed by atoms with Crippen molar-refractivity contribution in [1.82, 2.24) is 9.55 Å². The van der Waals surface area contributed by atoms with E-state index in [0.29, 0.717) is 13.1 Å². The van der Waals surface area contributed by atoms with Crippen molar-refractivity contribution in [2.75, 3.05) is 0 Å². The summed E-state index contributed by atoms with van der Waals surface area (Å²) in [4.78, 5) is 16.3. The highest BCUT2D eigenvalue weighted by atomic mass is 16.1. The molecule has 0 aliphatic heterocycles. The van der Waals surface area contributed by atoms with E-state index in [1.54, 1.807) is 10.6 Å². The van der Waals surface area contributed by atoms with E-state index in [0.717, 1.165) is 28.2 Å². The van der Waals surface area contributed by atoms with E-state index in [-0.39, 0.29) is 5.56 Å². The Morgan fingerprint density at radius 1 is 1.21 bits per heavy atom. The standard InChI is InChI=1S/C15H19N3O/c1-10-6-13(8-16)4-5-14(10)9-18-12(3)17-11(2)7-15(18)19/h4-7H,8-9,16H2,1-3H3. The van der Waals surface area contributed by atoms with Gasteiger partial charge in [-0.2, -0.15) is 0 Å². The zero-order chi connectivity index (χ0) is 14.0. The molecule has 0 spiro atoms. The Morgan fingerprint density at radius 3 is 2.53 bits per heavy atom. The Hall–Kier alpha value is -1.94. The van der Waals surface area contributed by atoms with Gasteiger partial charge in [-0.25, -0.2) is 4.98 Å². The lowest BCUT2D eigenvalue weighted by molar-refractivity contribution is 0.691. The van der Waals surface area contributed by atoms with Crippen LogP contribution in [0.1, 0.15) is 28.2 Å². The molecule has 1 heterocycles. The molecule has 0 unspecified atom stereocenters. The SMILES string of the molecule is Cc1cc(=O)n(Cc2ccc(CN)cc2C)c(C)n1. The third kappa shape index (κ3) is 2.90. The smallest absolute Gasteiger partial charge is 0.254 e. The fraction of sp³-hybridized carbons (Fsp3) is 0.333. The number of hydrogen-bond acceptors (Lipinski definition) is 3. The fourth-order valence-corrected chi connectivity index (χ4v) is 2.19. The lowest BCUT2D eigenvalue weighted by Gasteiger charge is -2.12. The van der Waals surface area contributed by atoms with E-state index in [1.165, 1.54) is 0 Å². The van der Waals surface area contributed by atoms with Crippen LogP contribution in [0.25, 0.3) is 0 Å². The van der Waals surface area contributed by atoms with Crippen LogP contribution in [0.2, 0.25) is 0 Å². The van der Waals surface area contributed by atoms with Crippen molar-refractivity contribution in [3.8, 4) is 0 Å². The maximum Gasteiger partial charge on any atom is 0.254 e. The normalized spacial score (nSPS) is 10.7. The highest BCUT2D eigenvalue weighted by Crippen LogP contribution is 2.12. The Labute approximate surface area is 112 Å². The molecule has 19 heavy (non-hydrogen) atoms. The summed E-state index contributed by atoms with van der Waals surface area (Å²) in [7, 11) is 0. The summed E-state index contributed by atoms with van der Waals surface area (Å²) in [5.74, 6) is 0.743. The summed E-state index contributed by atoms with van der Waals surface area (Å²) in [6.45, 7) is 6.81. The third-order valence-electron chi connectivity index (χ3n) is 3.30. The van der Waals surface area contributed by atoms with E-state index >= 15 is 0 Å². The molecule has 2 aromatic rings. The molecule has 0 aliphatic rings. The maximum atomic E-state index is 12.0. The van der Waals surface area contributed by atoms with Gasteiger partial charge in [-0.3, -0.25) is 9.36 Å². The fourth-order valence-electron chi connectivity index (χ4n) is 2.19. The molecule has 100 valence electrons. The average molecular weight is 257 g/mol. The first-order valence-electron chi connectivity index (χ1n) is 6.35. The van der Waals surface area contributed by atoms with Crippen LogP contribution in [0.3, 0.4) is 0 Å². The minimum atomic E-state index is -0.00713. The summed E-state index contributed by atoms with van der Waals surface area (Å²) < 4.78 is 1.69. The number of hydrogen-bond donors (Lipinski definition) is 1. The number of benzene rings is 1. The number of nitrogens with two attached hydrogens (primary N) is 1. The molecular formula is C15H19N3O. The van der Waals surface area contributed by atoms with Crippen molar-refractivity contribution in [2.24, 2.45) is 5.73 Å². The zero-order valence-corrected chi connectivity index (χ0v) is 11.6. The van der Waals surface area contributed by atoms with E-state index in [9.17, 15) is 4.79 Å². The summed E-state index contributed by atoms with van der Waals surface area (Å²) in [6.07, 6.45) is 0. The number of rotatable bonds is 3. The van der Waals surface area contributed by atoms with Gasteiger partial charge in [0.05, 0.1) is 6.54 Å². The molecule has 4 heteroatoms. The van der Waals surface area contributed by atoms with Crippen molar-refractivity contribution in [3.63, 3.8) is 0 Å². The number of aromatic nitrogens is 2. The van der Waals surface area contributed by atoms with E-state index < -0.39 is 0 Å². The average Bonchev–Trinajstić information content (AvgIpc) is 2.35. The molecule has 1 aromatic heterocycles. The second-order valence-electron chi connectivity index (χ2n) is 4.83. The van der Waals surface area contributed by atoms with Gasteiger partial charge < -0.3 is 5.73 Å². The van der Waals surface area contributed by atoms with Crippen molar-refractivity contribution in [1.29, 1.82) is 0 Å². The minimum absolute atomic E-state index is 0.00713. The van der Waals surface area contributed by atoms with Crippen LogP contribution in [0.5, 0.6) is 0 Å². The van der Waals surface area contributed by atoms with Gasteiger partial charge in [-0.1, -0.05) is 18.2 Å². The first kappa shape index (κ1) is 13.5. The Kier molecular flexibility index (Phi) is 3.81. The largest absolute Gasteiger partial charge is 0.326 e. The van der Waals surface area contributed by atoms with E-state index in [2.05, 4.69) is 11.1 Å². The Morgan fingerprint density at radius 2 is 1.95 bits per heavy atom. The lowest BCUT2D eigenvalue weighted by Crippen LogP contribution is -2.24. The molecule has 0 bridgehead atoms. The Bertz CT molecular complexity index is 659. The Balaban J connectivity index is 2.39. The highest BCUT2D eigenvalue weighted by molar-refractivity contribution is 5.31. The first-order chi connectivity index (χ1) is 9.01. The van der Waals surface area contributed by atoms with Gasteiger partial charge in [-0.05, 0) is 37.5 Å². The zero-order valence-electron chi connectivity index (χ0n) is 11.6. The number of nitrogens with zero attached hydrogens (tertiary/aromatic N) is 2. The van der Waals surface area contributed by atoms with Crippen LogP contribution in [0.15, 0.2) is 29.1 Å². The van der Waals surface area contributed by atoms with Crippen molar-refractivity contribution in [2.45, 2.75) is 33.9 Å². The molecular weight excluding hydrogens is 238 g/mol. The van der Waals surface area contributed by atoms with Crippen molar-refractivity contribution >= 4 is 0 Å². The molecule has 0 saturated heterocycles. The lowest BCUT2D eigenvalue weighted by atomic mass is 10.0. The third-order valence-corrected chi connectivity index (χ3v) is 3.30. The first-order valence-corrected chi connectivity index (χ1v) is 6.35. The number of aryl methyl sites for hydroxylation is 3. The molecule has 0 amide bonds. The predicted octanol–water partition coefficient (Wildman–Crippen LogP) is 1.68. The van der Waals surface area contributed by atoms with Gasteiger partial charge in [0.25, 0.3) is 5.56 Å². The van der Waals surface area contributed by atoms with Gasteiger partial charge in [0.15, 0.2) is 0 Å². The molecule has 0 fully saturated rings. The second-order valence-corrected chi connectivity index (χ2v) is 4.83. The summed E-state index contributed by atoms with van der Waals surface area (Å²) in [5, 5.41) is 0. The molecule has 0 radical (unpaired) electrons. The van der Waals surface area contributed by atoms with Gasteiger partial charge in [0, 0.05) is 18.3 Å². The van der Waals surface area contributed by atoms with Gasteiger partial charge in [0.1, 0.15) is 5.82 Å². The van der Waals surface area contributed by atoms with Crippen molar-refractivity contribution < 1.29 is 0 Å². The topological polar surface area (TPSA) is 60.9 Å². The molecule has 0 atom stereocenters. The van der Waals surface area contributed by atoms with Gasteiger partial charge >= 0.3 is 0 Å². The molecule has 2 rings (SSSR count). The molecule has 4 nitrogen and oxygen atoms in total. The predicted molar refractivity (Wildman–Crippen MR) is 76.1 cm³/mol. The van der Waals surface area contributed by atoms with Gasteiger partial charge in [0.2, 0.25) is 0 Å². The molecule has 2 N–H and O–H groups in total.